The van der Waals surface area contributed by atoms with Crippen molar-refractivity contribution in [2.24, 2.45) is 20.0 Å². The Morgan fingerprint density at radius 2 is 0.638 bits per heavy atom. The van der Waals surface area contributed by atoms with Gasteiger partial charge in [-0.15, -0.1) is 0 Å². The van der Waals surface area contributed by atoms with Gasteiger partial charge >= 0.3 is 0 Å². The lowest BCUT2D eigenvalue weighted by Crippen LogP contribution is -2.22. The summed E-state index contributed by atoms with van der Waals surface area (Å²) in [5.74, 6) is 6.76. The maximum Gasteiger partial charge on any atom is 0.123 e. The van der Waals surface area contributed by atoms with Gasteiger partial charge in [-0.1, -0.05) is 48.6 Å². The summed E-state index contributed by atoms with van der Waals surface area (Å²) in [6.07, 6.45) is 11.8. The van der Waals surface area contributed by atoms with Crippen molar-refractivity contribution < 1.29 is 18.9 Å². The van der Waals surface area contributed by atoms with Gasteiger partial charge < -0.3 is 40.2 Å². The van der Waals surface area contributed by atoms with Gasteiger partial charge in [0.15, 0.2) is 0 Å². The molecule has 3 rings (SSSR count). The van der Waals surface area contributed by atoms with Gasteiger partial charge in [0.2, 0.25) is 0 Å². The second kappa shape index (κ2) is 27.8. The highest BCUT2D eigenvalue weighted by atomic mass is 16.5. The Morgan fingerprint density at radius 3 is 0.879 bits per heavy atom. The van der Waals surface area contributed by atoms with Crippen LogP contribution in [0.25, 0.3) is 24.3 Å². The van der Waals surface area contributed by atoms with Crippen LogP contribution in [0.5, 0.6) is 23.0 Å². The van der Waals surface area contributed by atoms with Gasteiger partial charge in [-0.05, 0) is 99.9 Å². The predicted octanol–water partition coefficient (Wildman–Crippen LogP) is 7.65. The molecule has 0 heterocycles. The van der Waals surface area contributed by atoms with E-state index in [1.807, 2.05) is 64.1 Å². The maximum atomic E-state index is 6.15. The van der Waals surface area contributed by atoms with E-state index in [1.165, 1.54) is 0 Å². The molecular formula is C46H66N8O4. The summed E-state index contributed by atoms with van der Waals surface area (Å²) in [5.41, 5.74) is 4.16. The highest BCUT2D eigenvalue weighted by molar-refractivity contribution is 5.80. The highest BCUT2D eigenvalue weighted by Crippen LogP contribution is 2.27. The lowest BCUT2D eigenvalue weighted by atomic mass is 10.1. The zero-order chi connectivity index (χ0) is 41.8. The van der Waals surface area contributed by atoms with E-state index in [0.717, 1.165) is 120 Å². The first kappa shape index (κ1) is 46.6. The number of ether oxygens (including phenoxy) is 4. The van der Waals surface area contributed by atoms with E-state index in [0.29, 0.717) is 26.4 Å². The summed E-state index contributed by atoms with van der Waals surface area (Å²) in [6, 6.07) is 20.6. The molecule has 0 unspecified atom stereocenters. The molecule has 0 saturated heterocycles. The fraction of sp³-hybridized carbons (Fsp3) is 0.435. The zero-order valence-corrected chi connectivity index (χ0v) is 36.0. The number of hydrogen-bond donors (Lipinski definition) is 4. The van der Waals surface area contributed by atoms with Crippen LogP contribution in [0.3, 0.4) is 0 Å². The Bertz CT molecular complexity index is 1610. The smallest absolute Gasteiger partial charge is 0.123 e. The summed E-state index contributed by atoms with van der Waals surface area (Å²) < 4.78 is 24.6. The van der Waals surface area contributed by atoms with Crippen LogP contribution in [0.15, 0.2) is 80.6 Å². The molecule has 0 bridgehead atoms. The second-order valence-corrected chi connectivity index (χ2v) is 13.6. The molecule has 0 radical (unpaired) electrons. The van der Waals surface area contributed by atoms with Crippen LogP contribution < -0.4 is 40.2 Å². The van der Waals surface area contributed by atoms with E-state index in [9.17, 15) is 0 Å². The molecule has 0 aliphatic heterocycles. The standard InChI is InChI=1S/C46H66N8O4/c1-35(47-5)51-21-9-25-55-43-29-41(30-44(33-43)56-26-10-22-52-36(2)48-6)19-17-39-13-15-40(16-14-39)18-20-42-31-45(57-27-11-23-53-37(3)49-7)34-46(32-42)58-28-12-24-54-38(4)50-8/h13-20,29-34H,9-12,21-28H2,1-8H3,(H,47,51)(H,48,52)(H,49,53)(H,50,54)/b19-17+,20-18+. The van der Waals surface area contributed by atoms with E-state index in [4.69, 9.17) is 18.9 Å². The molecule has 0 aliphatic rings. The lowest BCUT2D eigenvalue weighted by molar-refractivity contribution is 0.295. The van der Waals surface area contributed by atoms with Gasteiger partial charge in [0.1, 0.15) is 23.0 Å². The molecule has 4 N–H and O–H groups in total. The van der Waals surface area contributed by atoms with Crippen molar-refractivity contribution in [2.75, 3.05) is 80.8 Å². The lowest BCUT2D eigenvalue weighted by Gasteiger charge is -2.12. The van der Waals surface area contributed by atoms with Crippen LogP contribution in [0.2, 0.25) is 0 Å². The van der Waals surface area contributed by atoms with Crippen molar-refractivity contribution >= 4 is 47.6 Å². The topological polar surface area (TPSA) is 134 Å². The zero-order valence-electron chi connectivity index (χ0n) is 36.0. The average Bonchev–Trinajstić information content (AvgIpc) is 3.24. The van der Waals surface area contributed by atoms with E-state index < -0.39 is 0 Å². The third-order valence-electron chi connectivity index (χ3n) is 8.90. The molecule has 0 saturated carbocycles. The monoisotopic (exact) mass is 795 g/mol. The quantitative estimate of drug-likeness (QED) is 0.0315. The highest BCUT2D eigenvalue weighted by Gasteiger charge is 2.06. The Hall–Kier alpha value is -5.78. The van der Waals surface area contributed by atoms with Crippen molar-refractivity contribution in [1.29, 1.82) is 0 Å². The Balaban J connectivity index is 1.68. The molecule has 0 aliphatic carbocycles. The number of amidine groups is 4. The van der Waals surface area contributed by atoms with Gasteiger partial charge in [-0.3, -0.25) is 20.0 Å². The molecule has 0 spiro atoms. The second-order valence-electron chi connectivity index (χ2n) is 13.6. The molecule has 12 nitrogen and oxygen atoms in total. The van der Waals surface area contributed by atoms with Crippen molar-refractivity contribution in [3.05, 3.63) is 82.9 Å². The number of rotatable bonds is 24. The van der Waals surface area contributed by atoms with Gasteiger partial charge in [0, 0.05) is 66.5 Å². The first-order valence-corrected chi connectivity index (χ1v) is 20.2. The van der Waals surface area contributed by atoms with E-state index in [1.54, 1.807) is 28.2 Å². The van der Waals surface area contributed by atoms with Gasteiger partial charge in [-0.2, -0.15) is 0 Å². The molecule has 314 valence electrons. The maximum absolute atomic E-state index is 6.15. The Labute approximate surface area is 347 Å². The molecule has 0 fully saturated rings. The molecule has 0 amide bonds. The van der Waals surface area contributed by atoms with E-state index in [-0.39, 0.29) is 0 Å². The number of nitrogens with one attached hydrogen (secondary N) is 4. The van der Waals surface area contributed by atoms with Crippen LogP contribution in [-0.4, -0.2) is 104 Å². The Kier molecular flexibility index (Phi) is 22.3. The van der Waals surface area contributed by atoms with E-state index in [2.05, 4.69) is 89.8 Å². The molecule has 58 heavy (non-hydrogen) atoms. The minimum Gasteiger partial charge on any atom is -0.493 e. The first-order valence-electron chi connectivity index (χ1n) is 20.2. The molecule has 0 aromatic heterocycles. The number of aliphatic imine (C=N–C) groups is 4. The summed E-state index contributed by atoms with van der Waals surface area (Å²) in [4.78, 5) is 16.6. The third kappa shape index (κ3) is 19.9. The predicted molar refractivity (Wildman–Crippen MR) is 246 cm³/mol. The molecule has 12 heteroatoms. The summed E-state index contributed by atoms with van der Waals surface area (Å²) >= 11 is 0. The number of benzene rings is 3. The minimum atomic E-state index is 0.580. The third-order valence-corrected chi connectivity index (χ3v) is 8.90. The van der Waals surface area contributed by atoms with Crippen molar-refractivity contribution in [3.63, 3.8) is 0 Å². The summed E-state index contributed by atoms with van der Waals surface area (Å²) in [6.45, 7) is 13.3. The van der Waals surface area contributed by atoms with Crippen LogP contribution >= 0.6 is 0 Å². The fourth-order valence-corrected chi connectivity index (χ4v) is 5.26. The van der Waals surface area contributed by atoms with Crippen molar-refractivity contribution in [1.82, 2.24) is 21.3 Å². The molecule has 3 aromatic rings. The van der Waals surface area contributed by atoms with Crippen molar-refractivity contribution in [2.45, 2.75) is 53.4 Å². The molecule has 0 atom stereocenters. The molecule has 3 aromatic carbocycles. The van der Waals surface area contributed by atoms with Gasteiger partial charge in [0.25, 0.3) is 0 Å². The SMILES string of the molecule is CN=C(C)NCCCOc1cc(/C=C/c2ccc(/C=C/c3cc(OCCCNC(C)=NC)cc(OCCCNC(C)=NC)c3)cc2)cc(OCCCNC(C)=NC)c1. The normalized spacial score (nSPS) is 12.6. The van der Waals surface area contributed by atoms with Crippen LogP contribution in [0, 0.1) is 0 Å². The van der Waals surface area contributed by atoms with Gasteiger partial charge in [-0.25, -0.2) is 0 Å². The minimum absolute atomic E-state index is 0.580. The number of nitrogens with zero attached hydrogens (tertiary/aromatic N) is 4. The van der Waals surface area contributed by atoms with Crippen LogP contribution in [0.1, 0.15) is 75.6 Å². The first-order chi connectivity index (χ1) is 28.2. The van der Waals surface area contributed by atoms with Crippen LogP contribution in [0.4, 0.5) is 0 Å². The average molecular weight is 795 g/mol. The number of hydrogen-bond acceptors (Lipinski definition) is 8. The largest absolute Gasteiger partial charge is 0.493 e. The Morgan fingerprint density at radius 1 is 0.397 bits per heavy atom. The van der Waals surface area contributed by atoms with Gasteiger partial charge in [0.05, 0.1) is 49.8 Å². The summed E-state index contributed by atoms with van der Waals surface area (Å²) in [5, 5.41) is 13.1. The van der Waals surface area contributed by atoms with Crippen LogP contribution in [-0.2, 0) is 0 Å². The van der Waals surface area contributed by atoms with Crippen molar-refractivity contribution in [3.8, 4) is 23.0 Å². The van der Waals surface area contributed by atoms with E-state index >= 15 is 0 Å². The summed E-state index contributed by atoms with van der Waals surface area (Å²) in [7, 11) is 7.12. The fourth-order valence-electron chi connectivity index (χ4n) is 5.26. The molecular weight excluding hydrogens is 729 g/mol.